The average molecular weight is 217 g/mol. The molecule has 1 aliphatic heterocycles. The van der Waals surface area contributed by atoms with Gasteiger partial charge in [-0.25, -0.2) is 4.98 Å². The number of rotatable bonds is 1. The lowest BCUT2D eigenvalue weighted by atomic mass is 9.96. The van der Waals surface area contributed by atoms with Crippen LogP contribution in [0.25, 0.3) is 0 Å². The highest BCUT2D eigenvalue weighted by Gasteiger charge is 2.24. The van der Waals surface area contributed by atoms with Crippen LogP contribution in [0.4, 0.5) is 5.82 Å². The summed E-state index contributed by atoms with van der Waals surface area (Å²) >= 11 is 0. The summed E-state index contributed by atoms with van der Waals surface area (Å²) in [5, 5.41) is 18.6. The van der Waals surface area contributed by atoms with Crippen molar-refractivity contribution in [3.63, 3.8) is 0 Å². The smallest absolute Gasteiger partial charge is 0.129 e. The first-order chi connectivity index (χ1) is 7.70. The number of aliphatic hydroxyl groups excluding tert-OH is 1. The zero-order chi connectivity index (χ0) is 11.5. The highest BCUT2D eigenvalue weighted by atomic mass is 16.3. The predicted molar refractivity (Wildman–Crippen MR) is 61.0 cm³/mol. The van der Waals surface area contributed by atoms with E-state index in [2.05, 4.69) is 18.0 Å². The van der Waals surface area contributed by atoms with Crippen molar-refractivity contribution in [2.75, 3.05) is 18.0 Å². The van der Waals surface area contributed by atoms with Crippen molar-refractivity contribution in [3.05, 3.63) is 23.9 Å². The monoisotopic (exact) mass is 217 g/mol. The predicted octanol–water partition coefficient (Wildman–Crippen LogP) is 1.16. The summed E-state index contributed by atoms with van der Waals surface area (Å²) in [6.07, 6.45) is 2.29. The van der Waals surface area contributed by atoms with E-state index in [0.717, 1.165) is 18.8 Å². The van der Waals surface area contributed by atoms with Crippen molar-refractivity contribution in [1.82, 2.24) is 4.98 Å². The fourth-order valence-corrected chi connectivity index (χ4v) is 1.92. The molecule has 0 aliphatic carbocycles. The number of aromatic nitrogens is 1. The van der Waals surface area contributed by atoms with Gasteiger partial charge in [-0.2, -0.15) is 5.26 Å². The summed E-state index contributed by atoms with van der Waals surface area (Å²) in [6, 6.07) is 5.55. The maximum absolute atomic E-state index is 9.80. The number of β-amino-alcohol motifs (C(OH)–C–C–N with tert-alkyl or cyclic N) is 1. The molecule has 1 aromatic heterocycles. The Kier molecular flexibility index (Phi) is 3.07. The minimum Gasteiger partial charge on any atom is -0.391 e. The van der Waals surface area contributed by atoms with Gasteiger partial charge < -0.3 is 10.0 Å². The Morgan fingerprint density at radius 1 is 1.62 bits per heavy atom. The Morgan fingerprint density at radius 2 is 2.44 bits per heavy atom. The molecule has 1 aliphatic rings. The Hall–Kier alpha value is -1.60. The zero-order valence-electron chi connectivity index (χ0n) is 9.30. The third kappa shape index (κ3) is 2.15. The van der Waals surface area contributed by atoms with Crippen LogP contribution in [0.15, 0.2) is 18.3 Å². The lowest BCUT2D eigenvalue weighted by Crippen LogP contribution is -2.43. The van der Waals surface area contributed by atoms with E-state index in [1.54, 1.807) is 18.3 Å². The van der Waals surface area contributed by atoms with E-state index in [4.69, 9.17) is 5.26 Å². The molecule has 0 saturated carbocycles. The van der Waals surface area contributed by atoms with Gasteiger partial charge >= 0.3 is 0 Å². The molecule has 2 rings (SSSR count). The number of piperidine rings is 1. The molecule has 16 heavy (non-hydrogen) atoms. The van der Waals surface area contributed by atoms with E-state index in [-0.39, 0.29) is 6.10 Å². The van der Waals surface area contributed by atoms with Crippen LogP contribution in [0, 0.1) is 17.2 Å². The maximum Gasteiger partial charge on any atom is 0.129 e. The fraction of sp³-hybridized carbons (Fsp3) is 0.500. The van der Waals surface area contributed by atoms with Gasteiger partial charge in [-0.1, -0.05) is 6.92 Å². The van der Waals surface area contributed by atoms with Gasteiger partial charge in [-0.15, -0.1) is 0 Å². The van der Waals surface area contributed by atoms with Crippen molar-refractivity contribution in [1.29, 1.82) is 5.26 Å². The second-order valence-electron chi connectivity index (χ2n) is 4.29. The van der Waals surface area contributed by atoms with Gasteiger partial charge in [0.15, 0.2) is 0 Å². The normalized spacial score (nSPS) is 25.2. The van der Waals surface area contributed by atoms with Crippen LogP contribution in [-0.4, -0.2) is 29.3 Å². The van der Waals surface area contributed by atoms with Crippen LogP contribution < -0.4 is 4.90 Å². The number of nitriles is 1. The van der Waals surface area contributed by atoms with E-state index in [9.17, 15) is 5.11 Å². The molecule has 2 heterocycles. The van der Waals surface area contributed by atoms with Gasteiger partial charge in [-0.05, 0) is 24.5 Å². The van der Waals surface area contributed by atoms with Gasteiger partial charge in [0.05, 0.1) is 17.7 Å². The van der Waals surface area contributed by atoms with E-state index in [1.165, 1.54) is 0 Å². The Morgan fingerprint density at radius 3 is 3.12 bits per heavy atom. The van der Waals surface area contributed by atoms with E-state index >= 15 is 0 Å². The zero-order valence-corrected chi connectivity index (χ0v) is 9.30. The van der Waals surface area contributed by atoms with Crippen molar-refractivity contribution < 1.29 is 5.11 Å². The van der Waals surface area contributed by atoms with Crippen molar-refractivity contribution in [3.8, 4) is 6.07 Å². The molecule has 4 heteroatoms. The molecule has 2 atom stereocenters. The first-order valence-electron chi connectivity index (χ1n) is 5.50. The molecule has 1 saturated heterocycles. The number of pyridine rings is 1. The molecule has 0 spiro atoms. The Balaban J connectivity index is 2.16. The summed E-state index contributed by atoms with van der Waals surface area (Å²) in [5.74, 6) is 1.13. The van der Waals surface area contributed by atoms with E-state index < -0.39 is 0 Å². The largest absolute Gasteiger partial charge is 0.391 e. The van der Waals surface area contributed by atoms with Crippen LogP contribution in [0.5, 0.6) is 0 Å². The highest BCUT2D eigenvalue weighted by molar-refractivity contribution is 5.45. The summed E-state index contributed by atoms with van der Waals surface area (Å²) in [4.78, 5) is 6.27. The minimum absolute atomic E-state index is 0.304. The molecule has 0 radical (unpaired) electrons. The molecule has 4 nitrogen and oxygen atoms in total. The SMILES string of the molecule is CC1CCN(c2cc(C#N)ccn2)CC1O. The second-order valence-corrected chi connectivity index (χ2v) is 4.29. The van der Waals surface area contributed by atoms with Crippen LogP contribution in [0.2, 0.25) is 0 Å². The van der Waals surface area contributed by atoms with Crippen LogP contribution >= 0.6 is 0 Å². The molecular weight excluding hydrogens is 202 g/mol. The van der Waals surface area contributed by atoms with Crippen LogP contribution in [-0.2, 0) is 0 Å². The lowest BCUT2D eigenvalue weighted by Gasteiger charge is -2.35. The van der Waals surface area contributed by atoms with Gasteiger partial charge in [0.2, 0.25) is 0 Å². The number of anilines is 1. The molecule has 0 aromatic carbocycles. The summed E-state index contributed by atoms with van der Waals surface area (Å²) in [6.45, 7) is 3.55. The average Bonchev–Trinajstić information content (AvgIpc) is 2.33. The molecular formula is C12H15N3O. The molecule has 2 unspecified atom stereocenters. The van der Waals surface area contributed by atoms with Crippen LogP contribution in [0.1, 0.15) is 18.9 Å². The second kappa shape index (κ2) is 4.50. The minimum atomic E-state index is -0.304. The third-order valence-corrected chi connectivity index (χ3v) is 3.12. The van der Waals surface area contributed by atoms with Crippen molar-refractivity contribution >= 4 is 5.82 Å². The fourth-order valence-electron chi connectivity index (χ4n) is 1.92. The van der Waals surface area contributed by atoms with Gasteiger partial charge in [0, 0.05) is 19.3 Å². The first-order valence-corrected chi connectivity index (χ1v) is 5.50. The van der Waals surface area contributed by atoms with Gasteiger partial charge in [0.1, 0.15) is 5.82 Å². The molecule has 1 N–H and O–H groups in total. The van der Waals surface area contributed by atoms with Crippen molar-refractivity contribution in [2.24, 2.45) is 5.92 Å². The molecule has 1 fully saturated rings. The number of hydrogen-bond acceptors (Lipinski definition) is 4. The molecule has 1 aromatic rings. The summed E-state index contributed by atoms with van der Waals surface area (Å²) in [7, 11) is 0. The van der Waals surface area contributed by atoms with E-state index in [1.807, 2.05) is 4.90 Å². The summed E-state index contributed by atoms with van der Waals surface area (Å²) < 4.78 is 0. The molecule has 0 bridgehead atoms. The third-order valence-electron chi connectivity index (χ3n) is 3.12. The Labute approximate surface area is 95.1 Å². The quantitative estimate of drug-likeness (QED) is 0.766. The number of hydrogen-bond donors (Lipinski definition) is 1. The van der Waals surface area contributed by atoms with Gasteiger partial charge in [0.25, 0.3) is 0 Å². The van der Waals surface area contributed by atoms with Gasteiger partial charge in [-0.3, -0.25) is 0 Å². The number of nitrogens with zero attached hydrogens (tertiary/aromatic N) is 3. The van der Waals surface area contributed by atoms with E-state index in [0.29, 0.717) is 18.0 Å². The molecule has 84 valence electrons. The topological polar surface area (TPSA) is 60.2 Å². The summed E-state index contributed by atoms with van der Waals surface area (Å²) in [5.41, 5.74) is 0.609. The highest BCUT2D eigenvalue weighted by Crippen LogP contribution is 2.22. The standard InChI is InChI=1S/C12H15N3O/c1-9-3-5-15(8-11(9)16)12-6-10(7-13)2-4-14-12/h2,4,6,9,11,16H,3,5,8H2,1H3. The number of aliphatic hydroxyl groups is 1. The maximum atomic E-state index is 9.80. The first kappa shape index (κ1) is 10.9. The Bertz CT molecular complexity index is 413. The van der Waals surface area contributed by atoms with Crippen molar-refractivity contribution in [2.45, 2.75) is 19.4 Å². The molecule has 0 amide bonds. The lowest BCUT2D eigenvalue weighted by molar-refractivity contribution is 0.102. The van der Waals surface area contributed by atoms with Crippen LogP contribution in [0.3, 0.4) is 0 Å².